The van der Waals surface area contributed by atoms with Crippen LogP contribution in [0.15, 0.2) is 0 Å². The molecule has 17 heavy (non-hydrogen) atoms. The van der Waals surface area contributed by atoms with Crippen molar-refractivity contribution >= 4 is 9.84 Å². The van der Waals surface area contributed by atoms with Crippen LogP contribution in [0.4, 0.5) is 0 Å². The summed E-state index contributed by atoms with van der Waals surface area (Å²) in [5, 5.41) is 3.42. The average molecular weight is 262 g/mol. The van der Waals surface area contributed by atoms with E-state index in [1.165, 1.54) is 12.7 Å². The molecule has 1 fully saturated rings. The average Bonchev–Trinajstić information content (AvgIpc) is 2.38. The first kappa shape index (κ1) is 14.9. The molecular formula is C12H26N2O2S. The van der Waals surface area contributed by atoms with Gasteiger partial charge in [-0.1, -0.05) is 0 Å². The molecule has 1 rings (SSSR count). The van der Waals surface area contributed by atoms with E-state index < -0.39 is 14.6 Å². The van der Waals surface area contributed by atoms with Crippen molar-refractivity contribution in [1.29, 1.82) is 0 Å². The number of hydrogen-bond acceptors (Lipinski definition) is 4. The van der Waals surface area contributed by atoms with Gasteiger partial charge in [0.1, 0.15) is 0 Å². The molecule has 4 nitrogen and oxygen atoms in total. The molecule has 0 spiro atoms. The van der Waals surface area contributed by atoms with Crippen molar-refractivity contribution in [3.8, 4) is 0 Å². The van der Waals surface area contributed by atoms with Crippen molar-refractivity contribution in [2.45, 2.75) is 43.9 Å². The van der Waals surface area contributed by atoms with Gasteiger partial charge < -0.3 is 10.2 Å². The van der Waals surface area contributed by atoms with E-state index in [0.717, 1.165) is 25.9 Å². The van der Waals surface area contributed by atoms with Crippen molar-refractivity contribution in [3.05, 3.63) is 0 Å². The van der Waals surface area contributed by atoms with Crippen LogP contribution in [-0.4, -0.2) is 57.0 Å². The fourth-order valence-corrected chi connectivity index (χ4v) is 2.31. The van der Waals surface area contributed by atoms with Crippen molar-refractivity contribution < 1.29 is 8.42 Å². The molecule has 0 aromatic rings. The maximum Gasteiger partial charge on any atom is 0.153 e. The highest BCUT2D eigenvalue weighted by Gasteiger charge is 2.30. The van der Waals surface area contributed by atoms with Gasteiger partial charge in [-0.05, 0) is 53.2 Å². The van der Waals surface area contributed by atoms with Crippen LogP contribution in [0.25, 0.3) is 0 Å². The lowest BCUT2D eigenvalue weighted by molar-refractivity contribution is 0.342. The largest absolute Gasteiger partial charge is 0.312 e. The van der Waals surface area contributed by atoms with Gasteiger partial charge in [-0.15, -0.1) is 0 Å². The molecule has 0 aromatic carbocycles. The van der Waals surface area contributed by atoms with Crippen LogP contribution in [0.1, 0.15) is 33.1 Å². The first-order valence-corrected chi connectivity index (χ1v) is 8.23. The summed E-state index contributed by atoms with van der Waals surface area (Å²) in [6.45, 7) is 6.36. The summed E-state index contributed by atoms with van der Waals surface area (Å²) in [7, 11) is -0.854. The lowest BCUT2D eigenvalue weighted by Gasteiger charge is -2.26. The molecule has 0 aromatic heterocycles. The molecule has 0 radical (unpaired) electrons. The van der Waals surface area contributed by atoms with Crippen LogP contribution in [-0.2, 0) is 9.84 Å². The summed E-state index contributed by atoms with van der Waals surface area (Å²) in [4.78, 5) is 2.34. The molecule has 0 amide bonds. The lowest BCUT2D eigenvalue weighted by atomic mass is 10.1. The Morgan fingerprint density at radius 1 is 1.29 bits per heavy atom. The van der Waals surface area contributed by atoms with E-state index >= 15 is 0 Å². The molecular weight excluding hydrogens is 236 g/mol. The molecule has 1 saturated heterocycles. The maximum atomic E-state index is 11.6. The molecule has 1 heterocycles. The van der Waals surface area contributed by atoms with Crippen LogP contribution < -0.4 is 5.32 Å². The molecule has 0 bridgehead atoms. The van der Waals surface area contributed by atoms with Crippen LogP contribution >= 0.6 is 0 Å². The van der Waals surface area contributed by atoms with Crippen molar-refractivity contribution in [1.82, 2.24) is 10.2 Å². The van der Waals surface area contributed by atoms with Crippen LogP contribution in [0, 0.1) is 0 Å². The Bertz CT molecular complexity index is 338. The standard InChI is InChI=1S/C12H26N2O2S/c1-12(2,17(4,15)16)10-13-11-6-5-8-14(3)9-7-11/h11,13H,5-10H2,1-4H3. The fourth-order valence-electron chi connectivity index (χ4n) is 1.97. The summed E-state index contributed by atoms with van der Waals surface area (Å²) < 4.78 is 22.5. The Labute approximate surface area is 106 Å². The highest BCUT2D eigenvalue weighted by atomic mass is 32.2. The third-order valence-electron chi connectivity index (χ3n) is 3.77. The molecule has 1 N–H and O–H groups in total. The summed E-state index contributed by atoms with van der Waals surface area (Å²) >= 11 is 0. The third kappa shape index (κ3) is 4.56. The Kier molecular flexibility index (Phi) is 4.98. The number of hydrogen-bond donors (Lipinski definition) is 1. The predicted molar refractivity (Wildman–Crippen MR) is 72.1 cm³/mol. The van der Waals surface area contributed by atoms with Crippen LogP contribution in [0.3, 0.4) is 0 Å². The minimum absolute atomic E-state index is 0.459. The van der Waals surface area contributed by atoms with Crippen molar-refractivity contribution in [2.75, 3.05) is 32.9 Å². The van der Waals surface area contributed by atoms with Crippen molar-refractivity contribution in [2.24, 2.45) is 0 Å². The summed E-state index contributed by atoms with van der Waals surface area (Å²) in [5.74, 6) is 0. The van der Waals surface area contributed by atoms with Crippen LogP contribution in [0.2, 0.25) is 0 Å². The number of likely N-dealkylation sites (tertiary alicyclic amines) is 1. The minimum atomic E-state index is -3.00. The van der Waals surface area contributed by atoms with E-state index in [1.807, 2.05) is 0 Å². The highest BCUT2D eigenvalue weighted by Crippen LogP contribution is 2.16. The van der Waals surface area contributed by atoms with E-state index in [1.54, 1.807) is 13.8 Å². The zero-order valence-corrected chi connectivity index (χ0v) is 12.3. The lowest BCUT2D eigenvalue weighted by Crippen LogP contribution is -2.45. The van der Waals surface area contributed by atoms with Gasteiger partial charge in [-0.2, -0.15) is 0 Å². The fraction of sp³-hybridized carbons (Fsp3) is 1.00. The van der Waals surface area contributed by atoms with Gasteiger partial charge in [0.15, 0.2) is 9.84 Å². The second kappa shape index (κ2) is 5.67. The molecule has 1 aliphatic heterocycles. The summed E-state index contributed by atoms with van der Waals surface area (Å²) in [6, 6.07) is 0.459. The maximum absolute atomic E-state index is 11.6. The molecule has 1 unspecified atom stereocenters. The van der Waals surface area contributed by atoms with Gasteiger partial charge in [-0.25, -0.2) is 8.42 Å². The number of sulfone groups is 1. The quantitative estimate of drug-likeness (QED) is 0.817. The first-order chi connectivity index (χ1) is 7.72. The van der Waals surface area contributed by atoms with Gasteiger partial charge in [-0.3, -0.25) is 0 Å². The summed E-state index contributed by atoms with van der Waals surface area (Å²) in [5.41, 5.74) is 0. The van der Waals surface area contributed by atoms with E-state index in [4.69, 9.17) is 0 Å². The topological polar surface area (TPSA) is 49.4 Å². The third-order valence-corrected chi connectivity index (χ3v) is 5.92. The van der Waals surface area contributed by atoms with Gasteiger partial charge in [0.25, 0.3) is 0 Å². The molecule has 1 aliphatic rings. The molecule has 1 atom stereocenters. The number of nitrogens with zero attached hydrogens (tertiary/aromatic N) is 1. The molecule has 0 aliphatic carbocycles. The van der Waals surface area contributed by atoms with Gasteiger partial charge in [0, 0.05) is 18.8 Å². The van der Waals surface area contributed by atoms with E-state index in [2.05, 4.69) is 17.3 Å². The summed E-state index contributed by atoms with van der Waals surface area (Å²) in [6.07, 6.45) is 4.75. The zero-order chi connectivity index (χ0) is 13.1. The molecule has 0 saturated carbocycles. The number of nitrogens with one attached hydrogen (secondary N) is 1. The zero-order valence-electron chi connectivity index (χ0n) is 11.5. The second-order valence-corrected chi connectivity index (χ2v) is 8.49. The monoisotopic (exact) mass is 262 g/mol. The Balaban J connectivity index is 2.45. The second-order valence-electron chi connectivity index (χ2n) is 5.84. The van der Waals surface area contributed by atoms with Crippen molar-refractivity contribution in [3.63, 3.8) is 0 Å². The Morgan fingerprint density at radius 3 is 2.53 bits per heavy atom. The van der Waals surface area contributed by atoms with E-state index in [9.17, 15) is 8.42 Å². The highest BCUT2D eigenvalue weighted by molar-refractivity contribution is 7.92. The normalized spacial score (nSPS) is 24.6. The Morgan fingerprint density at radius 2 is 1.94 bits per heavy atom. The van der Waals surface area contributed by atoms with Gasteiger partial charge in [0.05, 0.1) is 4.75 Å². The van der Waals surface area contributed by atoms with Gasteiger partial charge >= 0.3 is 0 Å². The smallest absolute Gasteiger partial charge is 0.153 e. The molecule has 102 valence electrons. The number of rotatable bonds is 4. The first-order valence-electron chi connectivity index (χ1n) is 6.34. The van der Waals surface area contributed by atoms with Crippen LogP contribution in [0.5, 0.6) is 0 Å². The van der Waals surface area contributed by atoms with Gasteiger partial charge in [0.2, 0.25) is 0 Å². The van der Waals surface area contributed by atoms with E-state index in [0.29, 0.717) is 12.6 Å². The Hall–Kier alpha value is -0.130. The SMILES string of the molecule is CN1CCCC(NCC(C)(C)S(C)(=O)=O)CC1. The molecule has 5 heteroatoms. The minimum Gasteiger partial charge on any atom is -0.312 e. The predicted octanol–water partition coefficient (Wildman–Crippen LogP) is 0.884. The van der Waals surface area contributed by atoms with E-state index in [-0.39, 0.29) is 0 Å².